The summed E-state index contributed by atoms with van der Waals surface area (Å²) in [5, 5.41) is 1.14. The van der Waals surface area contributed by atoms with Gasteiger partial charge in [-0.25, -0.2) is 4.98 Å². The van der Waals surface area contributed by atoms with Crippen LogP contribution in [-0.4, -0.2) is 36.3 Å². The molecule has 0 bridgehead atoms. The number of hydrogen-bond acceptors (Lipinski definition) is 5. The van der Waals surface area contributed by atoms with Gasteiger partial charge in [0, 0.05) is 4.88 Å². The predicted molar refractivity (Wildman–Crippen MR) is 111 cm³/mol. The Kier molecular flexibility index (Phi) is 4.78. The lowest BCUT2D eigenvalue weighted by Gasteiger charge is -2.23. The number of ether oxygens (including phenoxy) is 2. The average Bonchev–Trinajstić information content (AvgIpc) is 3.25. The van der Waals surface area contributed by atoms with Crippen LogP contribution >= 0.6 is 11.3 Å². The van der Waals surface area contributed by atoms with E-state index in [2.05, 4.69) is 32.0 Å². The maximum atomic E-state index is 6.41. The van der Waals surface area contributed by atoms with E-state index >= 15 is 0 Å². The van der Waals surface area contributed by atoms with Crippen LogP contribution in [-0.2, 0) is 24.1 Å². The van der Waals surface area contributed by atoms with E-state index in [1.807, 2.05) is 11.3 Å². The number of nitrogens with one attached hydrogen (secondary N) is 1. The third kappa shape index (κ3) is 3.41. The van der Waals surface area contributed by atoms with E-state index in [1.165, 1.54) is 27.3 Å². The molecular formula is C22H26N3O2S+. The maximum absolute atomic E-state index is 6.41. The van der Waals surface area contributed by atoms with E-state index in [9.17, 15) is 0 Å². The van der Waals surface area contributed by atoms with E-state index in [4.69, 9.17) is 19.4 Å². The summed E-state index contributed by atoms with van der Waals surface area (Å²) in [6, 6.07) is 6.31. The average molecular weight is 397 g/mol. The summed E-state index contributed by atoms with van der Waals surface area (Å²) >= 11 is 1.83. The fourth-order valence-corrected chi connectivity index (χ4v) is 5.51. The van der Waals surface area contributed by atoms with Crippen molar-refractivity contribution in [2.45, 2.75) is 39.7 Å². The van der Waals surface area contributed by atoms with Crippen molar-refractivity contribution in [3.63, 3.8) is 0 Å². The highest BCUT2D eigenvalue weighted by atomic mass is 32.1. The van der Waals surface area contributed by atoms with Crippen molar-refractivity contribution in [3.8, 4) is 11.6 Å². The summed E-state index contributed by atoms with van der Waals surface area (Å²) in [5.41, 5.74) is 3.79. The zero-order valence-corrected chi connectivity index (χ0v) is 17.3. The number of aryl methyl sites for hydroxylation is 4. The van der Waals surface area contributed by atoms with Gasteiger partial charge in [0.15, 0.2) is 5.82 Å². The first-order chi connectivity index (χ1) is 13.7. The molecule has 3 heterocycles. The number of rotatable bonds is 4. The molecule has 5 rings (SSSR count). The summed E-state index contributed by atoms with van der Waals surface area (Å²) in [7, 11) is 0. The van der Waals surface area contributed by atoms with E-state index < -0.39 is 0 Å². The molecule has 1 fully saturated rings. The smallest absolute Gasteiger partial charge is 0.231 e. The van der Waals surface area contributed by atoms with Gasteiger partial charge < -0.3 is 14.4 Å². The second-order valence-corrected chi connectivity index (χ2v) is 8.98. The summed E-state index contributed by atoms with van der Waals surface area (Å²) in [6.45, 7) is 8.68. The monoisotopic (exact) mass is 396 g/mol. The molecule has 1 aliphatic heterocycles. The molecule has 2 aromatic heterocycles. The third-order valence-electron chi connectivity index (χ3n) is 5.72. The Hall–Kier alpha value is -2.02. The number of morpholine rings is 1. The normalized spacial score (nSPS) is 17.2. The minimum absolute atomic E-state index is 0.735. The number of aromatic nitrogens is 2. The molecule has 28 heavy (non-hydrogen) atoms. The van der Waals surface area contributed by atoms with Crippen LogP contribution < -0.4 is 9.64 Å². The molecule has 5 nitrogen and oxygen atoms in total. The van der Waals surface area contributed by atoms with E-state index in [0.717, 1.165) is 78.9 Å². The fraction of sp³-hybridized carbons (Fsp3) is 0.455. The fourth-order valence-electron chi connectivity index (χ4n) is 4.24. The first-order valence-corrected chi connectivity index (χ1v) is 11.0. The highest BCUT2D eigenvalue weighted by Gasteiger charge is 2.25. The van der Waals surface area contributed by atoms with Crippen LogP contribution in [0.1, 0.15) is 33.8 Å². The summed E-state index contributed by atoms with van der Waals surface area (Å²) in [5.74, 6) is 2.50. The van der Waals surface area contributed by atoms with Gasteiger partial charge >= 0.3 is 0 Å². The lowest BCUT2D eigenvalue weighted by Crippen LogP contribution is -3.12. The van der Waals surface area contributed by atoms with Crippen LogP contribution in [0.15, 0.2) is 18.2 Å². The van der Waals surface area contributed by atoms with Crippen molar-refractivity contribution in [1.82, 2.24) is 9.97 Å². The Morgan fingerprint density at radius 3 is 2.82 bits per heavy atom. The molecule has 2 aliphatic rings. The Labute approximate surface area is 169 Å². The minimum atomic E-state index is 0.735. The van der Waals surface area contributed by atoms with Crippen molar-refractivity contribution >= 4 is 21.6 Å². The molecular weight excluding hydrogens is 370 g/mol. The molecule has 1 saturated heterocycles. The highest BCUT2D eigenvalue weighted by molar-refractivity contribution is 7.19. The van der Waals surface area contributed by atoms with Crippen LogP contribution in [0.4, 0.5) is 0 Å². The molecule has 0 spiro atoms. The van der Waals surface area contributed by atoms with Gasteiger partial charge in [-0.3, -0.25) is 0 Å². The van der Waals surface area contributed by atoms with Crippen LogP contribution in [0.25, 0.3) is 10.2 Å². The number of nitrogens with zero attached hydrogens (tertiary/aromatic N) is 2. The minimum Gasteiger partial charge on any atom is -0.438 e. The second-order valence-electron chi connectivity index (χ2n) is 7.89. The number of benzene rings is 1. The van der Waals surface area contributed by atoms with Crippen molar-refractivity contribution in [3.05, 3.63) is 45.6 Å². The van der Waals surface area contributed by atoms with E-state index in [0.29, 0.717) is 0 Å². The third-order valence-corrected chi connectivity index (χ3v) is 6.91. The maximum Gasteiger partial charge on any atom is 0.231 e. The molecule has 3 aromatic rings. The second kappa shape index (κ2) is 7.43. The zero-order chi connectivity index (χ0) is 19.1. The molecule has 1 aromatic carbocycles. The Balaban J connectivity index is 1.56. The molecule has 0 atom stereocenters. The molecule has 0 unspecified atom stereocenters. The molecule has 146 valence electrons. The Morgan fingerprint density at radius 2 is 2.00 bits per heavy atom. The zero-order valence-electron chi connectivity index (χ0n) is 16.5. The number of thiophene rings is 1. The van der Waals surface area contributed by atoms with Gasteiger partial charge in [0.2, 0.25) is 5.88 Å². The molecule has 0 amide bonds. The van der Waals surface area contributed by atoms with E-state index in [1.54, 1.807) is 0 Å². The van der Waals surface area contributed by atoms with Gasteiger partial charge in [0.1, 0.15) is 30.2 Å². The number of fused-ring (bicyclic) bond motifs is 3. The first-order valence-electron chi connectivity index (χ1n) is 10.1. The number of hydrogen-bond donors (Lipinski definition) is 1. The van der Waals surface area contributed by atoms with Gasteiger partial charge in [-0.1, -0.05) is 17.7 Å². The SMILES string of the molecule is Cc1ccc(Oc2nc(C[NH+]3CCOCC3)nc3sc4c(c23)CCC4)c(C)c1. The molecule has 0 saturated carbocycles. The summed E-state index contributed by atoms with van der Waals surface area (Å²) in [4.78, 5) is 13.9. The van der Waals surface area contributed by atoms with Crippen LogP contribution in [0.3, 0.4) is 0 Å². The van der Waals surface area contributed by atoms with Gasteiger partial charge in [0.25, 0.3) is 0 Å². The topological polar surface area (TPSA) is 48.7 Å². The Bertz CT molecular complexity index is 1020. The van der Waals surface area contributed by atoms with Crippen molar-refractivity contribution < 1.29 is 14.4 Å². The highest BCUT2D eigenvalue weighted by Crippen LogP contribution is 2.41. The van der Waals surface area contributed by atoms with Gasteiger partial charge in [-0.15, -0.1) is 11.3 Å². The van der Waals surface area contributed by atoms with Crippen molar-refractivity contribution in [2.24, 2.45) is 0 Å². The molecule has 0 radical (unpaired) electrons. The number of quaternary nitrogens is 1. The van der Waals surface area contributed by atoms with Crippen LogP contribution in [0, 0.1) is 13.8 Å². The largest absolute Gasteiger partial charge is 0.438 e. The lowest BCUT2D eigenvalue weighted by atomic mass is 10.1. The molecule has 6 heteroatoms. The summed E-state index contributed by atoms with van der Waals surface area (Å²) in [6.07, 6.45) is 3.49. The lowest BCUT2D eigenvalue weighted by molar-refractivity contribution is -0.922. The van der Waals surface area contributed by atoms with Crippen molar-refractivity contribution in [1.29, 1.82) is 0 Å². The summed E-state index contributed by atoms with van der Waals surface area (Å²) < 4.78 is 11.9. The van der Waals surface area contributed by atoms with Crippen LogP contribution in [0.5, 0.6) is 11.6 Å². The van der Waals surface area contributed by atoms with Gasteiger partial charge in [0.05, 0.1) is 18.6 Å². The van der Waals surface area contributed by atoms with E-state index in [-0.39, 0.29) is 0 Å². The predicted octanol–water partition coefficient (Wildman–Crippen LogP) is 3.00. The standard InChI is InChI=1S/C22H25N3O2S/c1-14-6-7-17(15(2)12-14)27-21-20-16-4-3-5-18(16)28-22(20)24-19(23-21)13-25-8-10-26-11-9-25/h6-7,12H,3-5,8-11,13H2,1-2H3/p+1. The van der Waals surface area contributed by atoms with Crippen molar-refractivity contribution in [2.75, 3.05) is 26.3 Å². The first kappa shape index (κ1) is 18.0. The van der Waals surface area contributed by atoms with Gasteiger partial charge in [-0.05, 0) is 50.3 Å². The molecule has 1 N–H and O–H groups in total. The Morgan fingerprint density at radius 1 is 1.14 bits per heavy atom. The molecule has 1 aliphatic carbocycles. The van der Waals surface area contributed by atoms with Gasteiger partial charge in [-0.2, -0.15) is 4.98 Å². The van der Waals surface area contributed by atoms with Crippen LogP contribution in [0.2, 0.25) is 0 Å². The quantitative estimate of drug-likeness (QED) is 0.737.